The number of aryl methyl sites for hydroxylation is 1. The lowest BCUT2D eigenvalue weighted by atomic mass is 10.1. The molecular weight excluding hydrogens is 401 g/mol. The fraction of sp³-hybridized carbons (Fsp3) is 0.500. The lowest BCUT2D eigenvalue weighted by Crippen LogP contribution is -2.38. The number of aliphatic imine (C=N–C) groups is 1. The summed E-state index contributed by atoms with van der Waals surface area (Å²) in [5.41, 5.74) is 1.81. The molecule has 0 bridgehead atoms. The molecule has 2 N–H and O–H groups in total. The van der Waals surface area contributed by atoms with E-state index >= 15 is 0 Å². The summed E-state index contributed by atoms with van der Waals surface area (Å²) in [4.78, 5) is 4.55. The molecule has 0 aromatic heterocycles. The molecule has 0 radical (unpaired) electrons. The van der Waals surface area contributed by atoms with Crippen LogP contribution in [0.2, 0.25) is 0 Å². The van der Waals surface area contributed by atoms with Crippen LogP contribution in [0.1, 0.15) is 24.0 Å². The highest BCUT2D eigenvalue weighted by molar-refractivity contribution is 14.0. The summed E-state index contributed by atoms with van der Waals surface area (Å²) >= 11 is 0. The van der Waals surface area contributed by atoms with Gasteiger partial charge >= 0.3 is 0 Å². The van der Waals surface area contributed by atoms with Gasteiger partial charge in [0, 0.05) is 25.9 Å². The molecule has 0 unspecified atom stereocenters. The minimum atomic E-state index is -3.15. The summed E-state index contributed by atoms with van der Waals surface area (Å²) in [6.45, 7) is 2.44. The van der Waals surface area contributed by atoms with Gasteiger partial charge < -0.3 is 10.6 Å². The quantitative estimate of drug-likeness (QED) is 0.441. The van der Waals surface area contributed by atoms with Crippen molar-refractivity contribution in [3.63, 3.8) is 0 Å². The highest BCUT2D eigenvalue weighted by Crippen LogP contribution is 2.18. The van der Waals surface area contributed by atoms with Crippen LogP contribution in [0.25, 0.3) is 0 Å². The van der Waals surface area contributed by atoms with Crippen molar-refractivity contribution in [3.05, 3.63) is 29.3 Å². The normalized spacial score (nSPS) is 15.3. The van der Waals surface area contributed by atoms with Crippen LogP contribution in [0, 0.1) is 6.92 Å². The zero-order chi connectivity index (χ0) is 14.8. The van der Waals surface area contributed by atoms with Crippen LogP contribution in [0.15, 0.2) is 28.1 Å². The summed E-state index contributed by atoms with van der Waals surface area (Å²) < 4.78 is 23.1. The van der Waals surface area contributed by atoms with Gasteiger partial charge in [-0.1, -0.05) is 12.1 Å². The molecule has 2 rings (SSSR count). The molecule has 7 heteroatoms. The lowest BCUT2D eigenvalue weighted by Gasteiger charge is -2.12. The summed E-state index contributed by atoms with van der Waals surface area (Å²) in [5.74, 6) is 0.789. The first-order chi connectivity index (χ1) is 9.40. The molecule has 0 aliphatic heterocycles. The second-order valence-corrected chi connectivity index (χ2v) is 7.20. The zero-order valence-corrected chi connectivity index (χ0v) is 15.7. The van der Waals surface area contributed by atoms with E-state index in [1.165, 1.54) is 19.1 Å². The monoisotopic (exact) mass is 423 g/mol. The summed E-state index contributed by atoms with van der Waals surface area (Å²) in [6.07, 6.45) is 3.63. The van der Waals surface area contributed by atoms with Gasteiger partial charge in [0.2, 0.25) is 0 Å². The third-order valence-electron chi connectivity index (χ3n) is 3.24. The number of benzene rings is 1. The van der Waals surface area contributed by atoms with Crippen molar-refractivity contribution in [1.82, 2.24) is 10.6 Å². The smallest absolute Gasteiger partial charge is 0.191 e. The Balaban J connectivity index is 0.00000220. The molecule has 21 heavy (non-hydrogen) atoms. The summed E-state index contributed by atoms with van der Waals surface area (Å²) in [5, 5.41) is 6.54. The Labute approximate surface area is 143 Å². The Bertz CT molecular complexity index is 625. The van der Waals surface area contributed by atoms with Crippen molar-refractivity contribution in [3.8, 4) is 0 Å². The number of nitrogens with zero attached hydrogens (tertiary/aromatic N) is 1. The predicted octanol–water partition coefficient (Wildman–Crippen LogP) is 1.84. The van der Waals surface area contributed by atoms with Gasteiger partial charge in [-0.05, 0) is 37.0 Å². The molecule has 1 fully saturated rings. The van der Waals surface area contributed by atoms with Crippen molar-refractivity contribution in [2.45, 2.75) is 37.2 Å². The summed E-state index contributed by atoms with van der Waals surface area (Å²) in [7, 11) is -1.40. The number of hydrogen-bond donors (Lipinski definition) is 2. The number of rotatable bonds is 4. The van der Waals surface area contributed by atoms with Crippen molar-refractivity contribution < 1.29 is 8.42 Å². The first kappa shape index (κ1) is 18.2. The molecule has 1 aliphatic rings. The third-order valence-corrected chi connectivity index (χ3v) is 4.50. The number of sulfone groups is 1. The Morgan fingerprint density at radius 1 is 1.38 bits per heavy atom. The van der Waals surface area contributed by atoms with Crippen molar-refractivity contribution in [1.29, 1.82) is 0 Å². The molecule has 1 saturated carbocycles. The van der Waals surface area contributed by atoms with E-state index in [2.05, 4.69) is 15.6 Å². The highest BCUT2D eigenvalue weighted by atomic mass is 127. The number of hydrogen-bond acceptors (Lipinski definition) is 3. The largest absolute Gasteiger partial charge is 0.354 e. The van der Waals surface area contributed by atoms with Gasteiger partial charge in [0.1, 0.15) is 0 Å². The van der Waals surface area contributed by atoms with E-state index in [0.717, 1.165) is 17.1 Å². The molecule has 0 heterocycles. The van der Waals surface area contributed by atoms with E-state index in [0.29, 0.717) is 17.5 Å². The lowest BCUT2D eigenvalue weighted by molar-refractivity contribution is 0.601. The fourth-order valence-corrected chi connectivity index (χ4v) is 3.00. The van der Waals surface area contributed by atoms with Gasteiger partial charge in [0.05, 0.1) is 4.90 Å². The van der Waals surface area contributed by atoms with E-state index in [1.807, 2.05) is 19.1 Å². The van der Waals surface area contributed by atoms with Crippen LogP contribution in [-0.4, -0.2) is 33.7 Å². The molecule has 0 saturated heterocycles. The number of halogens is 1. The van der Waals surface area contributed by atoms with Gasteiger partial charge in [-0.3, -0.25) is 4.99 Å². The van der Waals surface area contributed by atoms with Crippen molar-refractivity contribution >= 4 is 39.8 Å². The van der Waals surface area contributed by atoms with Crippen LogP contribution < -0.4 is 10.6 Å². The van der Waals surface area contributed by atoms with Crippen molar-refractivity contribution in [2.24, 2.45) is 4.99 Å². The average molecular weight is 423 g/mol. The van der Waals surface area contributed by atoms with E-state index in [1.54, 1.807) is 13.1 Å². The van der Waals surface area contributed by atoms with E-state index < -0.39 is 9.84 Å². The van der Waals surface area contributed by atoms with Crippen LogP contribution in [0.4, 0.5) is 0 Å². The van der Waals surface area contributed by atoms with E-state index in [4.69, 9.17) is 0 Å². The van der Waals surface area contributed by atoms with Gasteiger partial charge in [0.25, 0.3) is 0 Å². The average Bonchev–Trinajstić information content (AvgIpc) is 3.16. The topological polar surface area (TPSA) is 70.6 Å². The second-order valence-electron chi connectivity index (χ2n) is 5.22. The fourth-order valence-electron chi connectivity index (χ4n) is 2.04. The molecular formula is C14H22IN3O2S. The molecule has 1 aromatic rings. The van der Waals surface area contributed by atoms with Crippen LogP contribution in [0.5, 0.6) is 0 Å². The van der Waals surface area contributed by atoms with Gasteiger partial charge in [0.15, 0.2) is 15.8 Å². The Morgan fingerprint density at radius 3 is 2.52 bits per heavy atom. The molecule has 1 aromatic carbocycles. The molecule has 0 amide bonds. The molecule has 5 nitrogen and oxygen atoms in total. The molecule has 118 valence electrons. The van der Waals surface area contributed by atoms with Gasteiger partial charge in [-0.15, -0.1) is 24.0 Å². The maximum Gasteiger partial charge on any atom is 0.191 e. The molecule has 0 atom stereocenters. The van der Waals surface area contributed by atoms with Crippen molar-refractivity contribution in [2.75, 3.05) is 13.3 Å². The van der Waals surface area contributed by atoms with Crippen LogP contribution >= 0.6 is 24.0 Å². The Hall–Kier alpha value is -0.830. The third kappa shape index (κ3) is 5.46. The second kappa shape index (κ2) is 7.44. The Kier molecular flexibility index (Phi) is 6.45. The minimum absolute atomic E-state index is 0. The van der Waals surface area contributed by atoms with Crippen LogP contribution in [0.3, 0.4) is 0 Å². The van der Waals surface area contributed by atoms with Crippen LogP contribution in [-0.2, 0) is 16.4 Å². The van der Waals surface area contributed by atoms with E-state index in [-0.39, 0.29) is 24.0 Å². The number of nitrogens with one attached hydrogen (secondary N) is 2. The maximum absolute atomic E-state index is 11.6. The van der Waals surface area contributed by atoms with E-state index in [9.17, 15) is 8.42 Å². The maximum atomic E-state index is 11.6. The SMILES string of the molecule is CN=C(NCc1ccc(S(C)(=O)=O)c(C)c1)NC1CC1.I. The standard InChI is InChI=1S/C14H21N3O2S.HI/c1-10-8-11(4-7-13(10)20(3,18)19)9-16-14(15-2)17-12-5-6-12;/h4,7-8,12H,5-6,9H2,1-3H3,(H2,15,16,17);1H. The Morgan fingerprint density at radius 2 is 2.05 bits per heavy atom. The van der Waals surface area contributed by atoms with Gasteiger partial charge in [-0.25, -0.2) is 8.42 Å². The number of guanidine groups is 1. The zero-order valence-electron chi connectivity index (χ0n) is 12.5. The van der Waals surface area contributed by atoms with Gasteiger partial charge in [-0.2, -0.15) is 0 Å². The predicted molar refractivity (Wildman–Crippen MR) is 96.1 cm³/mol. The first-order valence-electron chi connectivity index (χ1n) is 6.67. The summed E-state index contributed by atoms with van der Waals surface area (Å²) in [6, 6.07) is 5.95. The first-order valence-corrected chi connectivity index (χ1v) is 8.56. The minimum Gasteiger partial charge on any atom is -0.354 e. The molecule has 1 aliphatic carbocycles. The highest BCUT2D eigenvalue weighted by Gasteiger charge is 2.22. The molecule has 0 spiro atoms.